The van der Waals surface area contributed by atoms with Gasteiger partial charge in [0.1, 0.15) is 9.84 Å². The van der Waals surface area contributed by atoms with Crippen LogP contribution in [0.2, 0.25) is 0 Å². The fourth-order valence-electron chi connectivity index (χ4n) is 4.73. The highest BCUT2D eigenvalue weighted by atomic mass is 32.2. The molecule has 1 saturated heterocycles. The van der Waals surface area contributed by atoms with Crippen LogP contribution in [0.4, 0.5) is 0 Å². The van der Waals surface area contributed by atoms with Gasteiger partial charge in [-0.05, 0) is 68.0 Å². The van der Waals surface area contributed by atoms with Crippen molar-refractivity contribution < 1.29 is 8.42 Å². The number of aromatic amines is 1. The van der Waals surface area contributed by atoms with Crippen molar-refractivity contribution in [3.8, 4) is 0 Å². The van der Waals surface area contributed by atoms with Crippen LogP contribution in [0.3, 0.4) is 0 Å². The van der Waals surface area contributed by atoms with Crippen LogP contribution in [0.1, 0.15) is 49.4 Å². The summed E-state index contributed by atoms with van der Waals surface area (Å²) in [5.41, 5.74) is 4.94. The van der Waals surface area contributed by atoms with Crippen LogP contribution >= 0.6 is 0 Å². The average molecular weight is 425 g/mol. The minimum absolute atomic E-state index is 0.210. The summed E-state index contributed by atoms with van der Waals surface area (Å²) in [4.78, 5) is 6.06. The van der Waals surface area contributed by atoms with Crippen LogP contribution in [-0.2, 0) is 22.7 Å². The topological polar surface area (TPSA) is 53.2 Å². The fourth-order valence-corrected chi connectivity index (χ4v) is 5.57. The number of nitrogens with one attached hydrogen (secondary N) is 1. The number of sulfone groups is 1. The second-order valence-electron chi connectivity index (χ2n) is 8.50. The third-order valence-electron chi connectivity index (χ3n) is 6.63. The Hall–Kier alpha value is -2.11. The monoisotopic (exact) mass is 424 g/mol. The van der Waals surface area contributed by atoms with Gasteiger partial charge in [-0.1, -0.05) is 43.3 Å². The van der Waals surface area contributed by atoms with Crippen LogP contribution in [0, 0.1) is 0 Å². The second-order valence-corrected chi connectivity index (χ2v) is 11.0. The standard InChI is InChI=1S/C25H32N2O2S/c1-3-30(28,29)15-13-20-11-12-25-24(16-20)22(18-26-25)17-23-10-7-14-27(23)19(2)21-8-5-4-6-9-21/h4-6,8-9,11-12,16,18-19,23,26H,3,7,10,13-15,17H2,1-2H3/t19-,23+/m0/s1. The molecule has 1 aliphatic rings. The number of fused-ring (bicyclic) bond motifs is 1. The van der Waals surface area contributed by atoms with Gasteiger partial charge >= 0.3 is 0 Å². The molecular formula is C25H32N2O2S. The van der Waals surface area contributed by atoms with Gasteiger partial charge < -0.3 is 4.98 Å². The highest BCUT2D eigenvalue weighted by Gasteiger charge is 2.29. The summed E-state index contributed by atoms with van der Waals surface area (Å²) < 4.78 is 23.8. The molecule has 1 N–H and O–H groups in total. The van der Waals surface area contributed by atoms with Crippen LogP contribution < -0.4 is 0 Å². The van der Waals surface area contributed by atoms with E-state index in [1.54, 1.807) is 6.92 Å². The van der Waals surface area contributed by atoms with Crippen molar-refractivity contribution in [3.63, 3.8) is 0 Å². The molecule has 4 nitrogen and oxygen atoms in total. The quantitative estimate of drug-likeness (QED) is 0.559. The van der Waals surface area contributed by atoms with E-state index in [-0.39, 0.29) is 11.5 Å². The number of H-pyrrole nitrogens is 1. The molecule has 1 aliphatic heterocycles. The van der Waals surface area contributed by atoms with Crippen molar-refractivity contribution in [2.75, 3.05) is 18.1 Å². The Bertz CT molecular complexity index is 1090. The maximum atomic E-state index is 11.9. The molecule has 2 heterocycles. The molecule has 3 aromatic rings. The summed E-state index contributed by atoms with van der Waals surface area (Å²) in [6.45, 7) is 5.17. The Morgan fingerprint density at radius 2 is 1.97 bits per heavy atom. The molecule has 1 aromatic heterocycles. The Morgan fingerprint density at radius 3 is 2.73 bits per heavy atom. The van der Waals surface area contributed by atoms with Gasteiger partial charge in [0.15, 0.2) is 0 Å². The van der Waals surface area contributed by atoms with E-state index in [1.807, 2.05) is 6.07 Å². The summed E-state index contributed by atoms with van der Waals surface area (Å²) in [6.07, 6.45) is 6.20. The first kappa shape index (κ1) is 21.1. The van der Waals surface area contributed by atoms with Crippen LogP contribution in [0.15, 0.2) is 54.7 Å². The molecule has 0 spiro atoms. The molecular weight excluding hydrogens is 392 g/mol. The molecule has 0 amide bonds. The number of hydrogen-bond donors (Lipinski definition) is 1. The van der Waals surface area contributed by atoms with E-state index in [0.29, 0.717) is 18.5 Å². The normalized spacial score (nSPS) is 18.8. The Labute approximate surface area is 180 Å². The molecule has 4 rings (SSSR count). The molecule has 160 valence electrons. The molecule has 0 unspecified atom stereocenters. The zero-order chi connectivity index (χ0) is 21.1. The first-order valence-corrected chi connectivity index (χ1v) is 12.9. The van der Waals surface area contributed by atoms with E-state index < -0.39 is 9.84 Å². The second kappa shape index (κ2) is 8.94. The van der Waals surface area contributed by atoms with E-state index in [2.05, 4.69) is 65.5 Å². The Kier molecular flexibility index (Phi) is 6.30. The third kappa shape index (κ3) is 4.62. The van der Waals surface area contributed by atoms with Gasteiger partial charge in [-0.2, -0.15) is 0 Å². The molecule has 0 aliphatic carbocycles. The first-order valence-electron chi connectivity index (χ1n) is 11.1. The number of aryl methyl sites for hydroxylation is 1. The number of nitrogens with zero attached hydrogens (tertiary/aromatic N) is 1. The zero-order valence-corrected chi connectivity index (χ0v) is 18.8. The molecule has 30 heavy (non-hydrogen) atoms. The molecule has 0 saturated carbocycles. The largest absolute Gasteiger partial charge is 0.361 e. The molecule has 0 radical (unpaired) electrons. The zero-order valence-electron chi connectivity index (χ0n) is 18.0. The molecule has 2 aromatic carbocycles. The lowest BCUT2D eigenvalue weighted by atomic mass is 9.99. The smallest absolute Gasteiger partial charge is 0.150 e. The number of aromatic nitrogens is 1. The van der Waals surface area contributed by atoms with Crippen LogP contribution in [-0.4, -0.2) is 42.4 Å². The van der Waals surface area contributed by atoms with Crippen molar-refractivity contribution in [1.82, 2.24) is 9.88 Å². The van der Waals surface area contributed by atoms with Crippen molar-refractivity contribution in [3.05, 3.63) is 71.4 Å². The van der Waals surface area contributed by atoms with Crippen LogP contribution in [0.25, 0.3) is 10.9 Å². The van der Waals surface area contributed by atoms with Crippen molar-refractivity contribution in [2.45, 2.75) is 51.6 Å². The summed E-state index contributed by atoms with van der Waals surface area (Å²) in [5, 5.41) is 1.24. The predicted octanol–water partition coefficient (Wildman–Crippen LogP) is 4.91. The maximum Gasteiger partial charge on any atom is 0.150 e. The van der Waals surface area contributed by atoms with Gasteiger partial charge in [-0.15, -0.1) is 0 Å². The Morgan fingerprint density at radius 1 is 1.17 bits per heavy atom. The summed E-state index contributed by atoms with van der Waals surface area (Å²) in [7, 11) is -2.94. The third-order valence-corrected chi connectivity index (χ3v) is 8.34. The van der Waals surface area contributed by atoms with E-state index in [0.717, 1.165) is 24.0 Å². The average Bonchev–Trinajstić information content (AvgIpc) is 3.40. The fraction of sp³-hybridized carbons (Fsp3) is 0.440. The van der Waals surface area contributed by atoms with Gasteiger partial charge in [0.05, 0.1) is 5.75 Å². The number of rotatable bonds is 8. The van der Waals surface area contributed by atoms with Gasteiger partial charge in [0.25, 0.3) is 0 Å². The lowest BCUT2D eigenvalue weighted by Gasteiger charge is -2.31. The summed E-state index contributed by atoms with van der Waals surface area (Å²) in [6, 6.07) is 18.0. The lowest BCUT2D eigenvalue weighted by Crippen LogP contribution is -2.33. The number of likely N-dealkylation sites (tertiary alicyclic amines) is 1. The summed E-state index contributed by atoms with van der Waals surface area (Å²) in [5.74, 6) is 0.432. The first-order chi connectivity index (χ1) is 14.5. The van der Waals surface area contributed by atoms with Gasteiger partial charge in [0, 0.05) is 34.9 Å². The van der Waals surface area contributed by atoms with E-state index in [1.165, 1.54) is 29.4 Å². The lowest BCUT2D eigenvalue weighted by molar-refractivity contribution is 0.192. The van der Waals surface area contributed by atoms with Gasteiger partial charge in [0.2, 0.25) is 0 Å². The molecule has 0 bridgehead atoms. The SMILES string of the molecule is CCS(=O)(=O)CCc1ccc2[nH]cc(C[C@H]3CCCN3[C@@H](C)c3ccccc3)c2c1. The van der Waals surface area contributed by atoms with Crippen molar-refractivity contribution >= 4 is 20.7 Å². The molecule has 1 fully saturated rings. The van der Waals surface area contributed by atoms with Crippen molar-refractivity contribution in [2.24, 2.45) is 0 Å². The number of hydrogen-bond acceptors (Lipinski definition) is 3. The Balaban J connectivity index is 1.52. The van der Waals surface area contributed by atoms with Gasteiger partial charge in [-0.25, -0.2) is 8.42 Å². The molecule has 5 heteroatoms. The molecule has 2 atom stereocenters. The van der Waals surface area contributed by atoms with Gasteiger partial charge in [-0.3, -0.25) is 4.90 Å². The van der Waals surface area contributed by atoms with Crippen molar-refractivity contribution in [1.29, 1.82) is 0 Å². The highest BCUT2D eigenvalue weighted by molar-refractivity contribution is 7.91. The minimum Gasteiger partial charge on any atom is -0.361 e. The van der Waals surface area contributed by atoms with E-state index in [9.17, 15) is 8.42 Å². The van der Waals surface area contributed by atoms with E-state index in [4.69, 9.17) is 0 Å². The minimum atomic E-state index is -2.94. The van der Waals surface area contributed by atoms with E-state index >= 15 is 0 Å². The predicted molar refractivity (Wildman–Crippen MR) is 125 cm³/mol. The van der Waals surface area contributed by atoms with Crippen LogP contribution in [0.5, 0.6) is 0 Å². The summed E-state index contributed by atoms with van der Waals surface area (Å²) >= 11 is 0. The maximum absolute atomic E-state index is 11.9. The number of benzene rings is 2. The highest BCUT2D eigenvalue weighted by Crippen LogP contribution is 2.32.